The lowest BCUT2D eigenvalue weighted by molar-refractivity contribution is -0.139. The van der Waals surface area contributed by atoms with Crippen LogP contribution in [0, 0.1) is 0 Å². The summed E-state index contributed by atoms with van der Waals surface area (Å²) in [7, 11) is 0. The molecule has 0 aromatic heterocycles. The van der Waals surface area contributed by atoms with Crippen molar-refractivity contribution in [3.8, 4) is 0 Å². The van der Waals surface area contributed by atoms with Gasteiger partial charge in [0.2, 0.25) is 0 Å². The van der Waals surface area contributed by atoms with Gasteiger partial charge >= 0.3 is 29.8 Å². The zero-order valence-corrected chi connectivity index (χ0v) is 25.2. The van der Waals surface area contributed by atoms with E-state index in [9.17, 15) is 24.0 Å². The van der Waals surface area contributed by atoms with Crippen molar-refractivity contribution >= 4 is 35.8 Å². The smallest absolute Gasteiger partial charge is 0.320 e. The highest BCUT2D eigenvalue weighted by atomic mass is 16.4. The Morgan fingerprint density at radius 3 is 1.13 bits per heavy atom. The Bertz CT molecular complexity index is 1100. The zero-order valence-electron chi connectivity index (χ0n) is 25.2. The highest BCUT2D eigenvalue weighted by molar-refractivity contribution is 5.76. The lowest BCUT2D eigenvalue weighted by atomic mass is 10.1. The Morgan fingerprint density at radius 2 is 0.891 bits per heavy atom. The third kappa shape index (κ3) is 31.8. The van der Waals surface area contributed by atoms with Gasteiger partial charge in [0.25, 0.3) is 0 Å². The fourth-order valence-corrected chi connectivity index (χ4v) is 2.55. The van der Waals surface area contributed by atoms with Gasteiger partial charge in [-0.2, -0.15) is 0 Å². The monoisotopic (exact) mass is 654 g/mol. The first-order chi connectivity index (χ1) is 21.5. The van der Waals surface area contributed by atoms with Crippen molar-refractivity contribution in [2.24, 2.45) is 45.1 Å². The molecule has 0 aliphatic carbocycles. The normalized spacial score (nSPS) is 11.2. The second-order valence-electron chi connectivity index (χ2n) is 8.86. The first-order valence-electron chi connectivity index (χ1n) is 13.4. The van der Waals surface area contributed by atoms with E-state index >= 15 is 0 Å². The van der Waals surface area contributed by atoms with Crippen molar-refractivity contribution in [1.82, 2.24) is 0 Å². The molecule has 19 N–H and O–H groups in total. The summed E-state index contributed by atoms with van der Waals surface area (Å²) in [6.45, 7) is -0.136. The van der Waals surface area contributed by atoms with E-state index in [2.05, 4.69) is 16.5 Å². The molecule has 0 amide bonds. The Kier molecular flexibility index (Phi) is 28.2. The summed E-state index contributed by atoms with van der Waals surface area (Å²) in [5, 5.41) is 40.6. The molecular formula is C28H46N8O10. The molecule has 0 radical (unpaired) electrons. The molecule has 3 unspecified atom stereocenters. The molecule has 18 nitrogen and oxygen atoms in total. The van der Waals surface area contributed by atoms with Gasteiger partial charge in [-0.15, -0.1) is 0 Å². The summed E-state index contributed by atoms with van der Waals surface area (Å²) >= 11 is 0. The van der Waals surface area contributed by atoms with Crippen molar-refractivity contribution in [3.63, 3.8) is 0 Å². The van der Waals surface area contributed by atoms with Crippen molar-refractivity contribution in [3.05, 3.63) is 71.8 Å². The van der Waals surface area contributed by atoms with Gasteiger partial charge in [-0.05, 0) is 36.8 Å². The fourth-order valence-electron chi connectivity index (χ4n) is 2.55. The van der Waals surface area contributed by atoms with Crippen LogP contribution in [0.5, 0.6) is 0 Å². The minimum atomic E-state index is -1.00. The molecular weight excluding hydrogens is 608 g/mol. The van der Waals surface area contributed by atoms with Gasteiger partial charge in [0.1, 0.15) is 18.1 Å². The Balaban J connectivity index is -0.000000527. The van der Waals surface area contributed by atoms with Crippen LogP contribution < -0.4 is 40.1 Å². The molecule has 0 heterocycles. The van der Waals surface area contributed by atoms with Crippen LogP contribution in [0.25, 0.3) is 0 Å². The molecule has 0 fully saturated rings. The lowest BCUT2D eigenvalue weighted by Gasteiger charge is -2.04. The number of aliphatic imine (C=N–C) groups is 1. The Morgan fingerprint density at radius 1 is 0.587 bits per heavy atom. The van der Waals surface area contributed by atoms with Crippen LogP contribution in [0.4, 0.5) is 0 Å². The fraction of sp³-hybridized carbons (Fsp3) is 0.357. The van der Waals surface area contributed by atoms with E-state index in [1.807, 2.05) is 60.7 Å². The molecule has 0 spiro atoms. The van der Waals surface area contributed by atoms with Gasteiger partial charge in [0.05, 0.1) is 13.1 Å². The topological polar surface area (TPSA) is 381 Å². The van der Waals surface area contributed by atoms with Gasteiger partial charge in [0.15, 0.2) is 5.96 Å². The van der Waals surface area contributed by atoms with Gasteiger partial charge < -0.3 is 65.7 Å². The van der Waals surface area contributed by atoms with Crippen molar-refractivity contribution < 1.29 is 49.5 Å². The molecule has 0 saturated heterocycles. The minimum absolute atomic E-state index is 0.0129. The summed E-state index contributed by atoms with van der Waals surface area (Å²) in [5.41, 5.74) is 37.1. The first-order valence-corrected chi connectivity index (χ1v) is 13.4. The molecule has 0 aliphatic heterocycles. The van der Waals surface area contributed by atoms with Crippen molar-refractivity contribution in [1.29, 1.82) is 0 Å². The summed E-state index contributed by atoms with van der Waals surface area (Å²) in [5.74, 6) is -4.84. The second-order valence-corrected chi connectivity index (χ2v) is 8.86. The number of nitrogens with zero attached hydrogens (tertiary/aromatic N) is 1. The molecule has 258 valence electrons. The van der Waals surface area contributed by atoms with Crippen LogP contribution >= 0.6 is 0 Å². The zero-order chi connectivity index (χ0) is 36.1. The predicted molar refractivity (Wildman–Crippen MR) is 170 cm³/mol. The average Bonchev–Trinajstić information content (AvgIpc) is 3.01. The summed E-state index contributed by atoms with van der Waals surface area (Å²) in [6, 6.07) is 16.3. The molecule has 2 aromatic rings. The first kappa shape index (κ1) is 45.3. The largest absolute Gasteiger partial charge is 0.480 e. The third-order valence-electron chi connectivity index (χ3n) is 4.87. The van der Waals surface area contributed by atoms with Crippen molar-refractivity contribution in [2.45, 2.75) is 43.8 Å². The van der Waals surface area contributed by atoms with Gasteiger partial charge in [-0.3, -0.25) is 29.0 Å². The molecule has 0 saturated carbocycles. The number of guanidine groups is 1. The molecule has 3 atom stereocenters. The number of carboxylic acids is 5. The average molecular weight is 655 g/mol. The van der Waals surface area contributed by atoms with Crippen LogP contribution in [-0.2, 0) is 36.8 Å². The maximum atomic E-state index is 10.4. The van der Waals surface area contributed by atoms with Crippen molar-refractivity contribution in [2.75, 3.05) is 19.6 Å². The number of nitrogens with two attached hydrogens (primary N) is 7. The van der Waals surface area contributed by atoms with Gasteiger partial charge in [-0.1, -0.05) is 60.7 Å². The summed E-state index contributed by atoms with van der Waals surface area (Å²) in [4.78, 5) is 53.1. The number of carbonyl (C=O) groups is 5. The van der Waals surface area contributed by atoms with Crippen LogP contribution in [0.1, 0.15) is 24.0 Å². The molecule has 18 heteroatoms. The van der Waals surface area contributed by atoms with E-state index in [0.717, 1.165) is 11.1 Å². The van der Waals surface area contributed by atoms with E-state index in [-0.39, 0.29) is 19.0 Å². The van der Waals surface area contributed by atoms with Crippen LogP contribution in [0.15, 0.2) is 65.7 Å². The second kappa shape index (κ2) is 28.6. The van der Waals surface area contributed by atoms with Crippen LogP contribution in [0.3, 0.4) is 0 Å². The highest BCUT2D eigenvalue weighted by Gasteiger charge is 2.12. The maximum absolute atomic E-state index is 10.4. The summed E-state index contributed by atoms with van der Waals surface area (Å²) in [6.07, 6.45) is 1.73. The Hall–Kier alpha value is -5.14. The van der Waals surface area contributed by atoms with E-state index in [1.54, 1.807) is 0 Å². The quantitative estimate of drug-likeness (QED) is 0.0618. The number of hydrogen-bond donors (Lipinski definition) is 12. The van der Waals surface area contributed by atoms with E-state index < -0.39 is 48.0 Å². The van der Waals surface area contributed by atoms with Crippen LogP contribution in [0.2, 0.25) is 0 Å². The molecule has 46 heavy (non-hydrogen) atoms. The van der Waals surface area contributed by atoms with E-state index in [0.29, 0.717) is 32.2 Å². The molecule has 2 rings (SSSR count). The molecule has 2 aromatic carbocycles. The third-order valence-corrected chi connectivity index (χ3v) is 4.87. The van der Waals surface area contributed by atoms with Gasteiger partial charge in [-0.25, -0.2) is 0 Å². The minimum Gasteiger partial charge on any atom is -0.480 e. The van der Waals surface area contributed by atoms with E-state index in [1.165, 1.54) is 0 Å². The maximum Gasteiger partial charge on any atom is 0.320 e. The number of rotatable bonds is 13. The number of hydrogen-bond acceptors (Lipinski definition) is 11. The number of carboxylic acid groups (broad SMARTS) is 5. The number of benzene rings is 2. The SMILES string of the molecule is NC(Cc1ccccc1)C(=O)O.NC(Cc1ccccc1)C(=O)O.NC(N)=NCCCC(N)C(=O)O.NCC(=O)O.NCC(=O)O. The Labute approximate surface area is 265 Å². The van der Waals surface area contributed by atoms with E-state index in [4.69, 9.17) is 54.2 Å². The summed E-state index contributed by atoms with van der Waals surface area (Å²) < 4.78 is 0. The molecule has 0 aliphatic rings. The highest BCUT2D eigenvalue weighted by Crippen LogP contribution is 2.02. The van der Waals surface area contributed by atoms with Crippen LogP contribution in [-0.4, -0.2) is 99.1 Å². The standard InChI is InChI=1S/2C9H11NO2.C6H14N4O2.2C2H5NO2/c2*10-8(9(11)12)6-7-4-2-1-3-5-7;7-4(5(11)12)2-1-3-10-6(8)9;2*3-1-2(4)5/h2*1-5,8H,6,10H2,(H,11,12);4H,1-3,7H2,(H,11,12)(H4,8,9,10);2*1,3H2,(H,4,5). The molecule has 0 bridgehead atoms. The number of aliphatic carboxylic acids is 5. The lowest BCUT2D eigenvalue weighted by Crippen LogP contribution is -2.32. The van der Waals surface area contributed by atoms with Gasteiger partial charge in [0, 0.05) is 6.54 Å². The predicted octanol–water partition coefficient (Wildman–Crippen LogP) is -2.21.